The molecule has 0 amide bonds. The topological polar surface area (TPSA) is 66.8 Å². The molecule has 0 aliphatic rings. The van der Waals surface area contributed by atoms with Crippen molar-refractivity contribution in [2.75, 3.05) is 13.6 Å². The molecule has 2 heterocycles. The second-order valence-corrected chi connectivity index (χ2v) is 5.85. The van der Waals surface area contributed by atoms with E-state index in [0.717, 1.165) is 19.4 Å². The number of nitrogens with one attached hydrogen (secondary N) is 1. The normalized spacial score (nSPS) is 11.4. The lowest BCUT2D eigenvalue weighted by molar-refractivity contribution is 0.314. The van der Waals surface area contributed by atoms with Crippen molar-refractivity contribution >= 4 is 11.0 Å². The predicted octanol–water partition coefficient (Wildman–Crippen LogP) is 1.72. The molecule has 1 N–H and O–H groups in total. The van der Waals surface area contributed by atoms with Crippen LogP contribution in [-0.2, 0) is 20.0 Å². The smallest absolute Gasteiger partial charge is 0.262 e. The molecule has 120 valence electrons. The van der Waals surface area contributed by atoms with Crippen molar-refractivity contribution < 1.29 is 0 Å². The monoisotopic (exact) mass is 311 g/mol. The van der Waals surface area contributed by atoms with Crippen LogP contribution in [0.4, 0.5) is 0 Å². The van der Waals surface area contributed by atoms with Crippen LogP contribution in [0.2, 0.25) is 0 Å². The lowest BCUT2D eigenvalue weighted by Gasteiger charge is -2.15. The minimum atomic E-state index is -0.129. The Kier molecular flexibility index (Phi) is 4.52. The van der Waals surface area contributed by atoms with Gasteiger partial charge in [0.2, 0.25) is 0 Å². The molecule has 0 aliphatic heterocycles. The molecule has 0 radical (unpaired) electrons. The predicted molar refractivity (Wildman–Crippen MR) is 90.2 cm³/mol. The van der Waals surface area contributed by atoms with Crippen LogP contribution in [0.3, 0.4) is 0 Å². The zero-order valence-corrected chi connectivity index (χ0v) is 13.5. The Morgan fingerprint density at radius 1 is 1.26 bits per heavy atom. The van der Waals surface area contributed by atoms with Gasteiger partial charge in [-0.25, -0.2) is 4.98 Å². The van der Waals surface area contributed by atoms with Gasteiger partial charge in [0, 0.05) is 7.05 Å². The third-order valence-electron chi connectivity index (χ3n) is 3.92. The maximum atomic E-state index is 12.0. The zero-order chi connectivity index (χ0) is 16.2. The number of aromatic nitrogens is 4. The Bertz CT molecular complexity index is 837. The van der Waals surface area contributed by atoms with Gasteiger partial charge in [-0.05, 0) is 32.0 Å². The average molecular weight is 311 g/mol. The van der Waals surface area contributed by atoms with Gasteiger partial charge in [0.05, 0.1) is 12.7 Å². The molecule has 2 aromatic heterocycles. The van der Waals surface area contributed by atoms with Gasteiger partial charge < -0.3 is 4.98 Å². The number of hydrogen-bond acceptors (Lipinski definition) is 4. The van der Waals surface area contributed by atoms with Crippen molar-refractivity contribution in [3.63, 3.8) is 0 Å². The van der Waals surface area contributed by atoms with Crippen molar-refractivity contribution in [3.8, 4) is 0 Å². The van der Waals surface area contributed by atoms with Gasteiger partial charge in [-0.2, -0.15) is 5.10 Å². The molecule has 1 aromatic carbocycles. The molecule has 0 fully saturated rings. The van der Waals surface area contributed by atoms with Gasteiger partial charge in [-0.1, -0.05) is 30.3 Å². The number of hydrogen-bond donors (Lipinski definition) is 1. The van der Waals surface area contributed by atoms with E-state index in [1.165, 1.54) is 5.56 Å². The summed E-state index contributed by atoms with van der Waals surface area (Å²) in [5.41, 5.74) is 1.85. The first-order valence-corrected chi connectivity index (χ1v) is 7.77. The summed E-state index contributed by atoms with van der Waals surface area (Å²) >= 11 is 0. The van der Waals surface area contributed by atoms with E-state index in [1.54, 1.807) is 17.9 Å². The number of nitrogens with zero attached hydrogens (tertiary/aromatic N) is 4. The van der Waals surface area contributed by atoms with Crippen LogP contribution in [-0.4, -0.2) is 38.2 Å². The van der Waals surface area contributed by atoms with Crippen molar-refractivity contribution in [3.05, 3.63) is 58.3 Å². The van der Waals surface area contributed by atoms with Crippen LogP contribution in [0.15, 0.2) is 41.3 Å². The Balaban J connectivity index is 1.60. The molecule has 6 nitrogen and oxygen atoms in total. The van der Waals surface area contributed by atoms with Crippen molar-refractivity contribution in [1.29, 1.82) is 0 Å². The van der Waals surface area contributed by atoms with Crippen LogP contribution in [0.1, 0.15) is 17.8 Å². The summed E-state index contributed by atoms with van der Waals surface area (Å²) in [4.78, 5) is 21.5. The SMILES string of the molecule is CN(CCCc1ccccc1)Cc1nc2c(cnn2C)c(=O)[nH]1. The van der Waals surface area contributed by atoms with Crippen LogP contribution in [0.25, 0.3) is 11.0 Å². The van der Waals surface area contributed by atoms with Gasteiger partial charge in [0.25, 0.3) is 5.56 Å². The molecule has 6 heteroatoms. The fourth-order valence-electron chi connectivity index (χ4n) is 2.69. The van der Waals surface area contributed by atoms with E-state index < -0.39 is 0 Å². The summed E-state index contributed by atoms with van der Waals surface area (Å²) in [6.45, 7) is 1.56. The maximum Gasteiger partial charge on any atom is 0.262 e. The fraction of sp³-hybridized carbons (Fsp3) is 0.353. The number of H-pyrrole nitrogens is 1. The Morgan fingerprint density at radius 3 is 2.83 bits per heavy atom. The number of fused-ring (bicyclic) bond motifs is 1. The van der Waals surface area contributed by atoms with E-state index in [1.807, 2.05) is 13.1 Å². The number of benzene rings is 1. The minimum absolute atomic E-state index is 0.129. The van der Waals surface area contributed by atoms with Gasteiger partial charge in [-0.3, -0.25) is 14.4 Å². The highest BCUT2D eigenvalue weighted by molar-refractivity contribution is 5.72. The van der Waals surface area contributed by atoms with E-state index in [0.29, 0.717) is 23.4 Å². The van der Waals surface area contributed by atoms with Gasteiger partial charge >= 0.3 is 0 Å². The molecule has 0 aliphatic carbocycles. The highest BCUT2D eigenvalue weighted by Crippen LogP contribution is 2.07. The number of rotatable bonds is 6. The van der Waals surface area contributed by atoms with E-state index in [9.17, 15) is 4.79 Å². The molecule has 0 bridgehead atoms. The van der Waals surface area contributed by atoms with E-state index in [2.05, 4.69) is 44.2 Å². The molecular weight excluding hydrogens is 290 g/mol. The molecule has 0 spiro atoms. The summed E-state index contributed by atoms with van der Waals surface area (Å²) < 4.78 is 1.63. The number of aryl methyl sites for hydroxylation is 2. The largest absolute Gasteiger partial charge is 0.309 e. The maximum absolute atomic E-state index is 12.0. The Labute approximate surface area is 134 Å². The lowest BCUT2D eigenvalue weighted by Crippen LogP contribution is -2.23. The van der Waals surface area contributed by atoms with Crippen LogP contribution >= 0.6 is 0 Å². The van der Waals surface area contributed by atoms with Crippen molar-refractivity contribution in [2.45, 2.75) is 19.4 Å². The Hall–Kier alpha value is -2.47. The molecular formula is C17H21N5O. The molecule has 3 aromatic rings. The second-order valence-electron chi connectivity index (χ2n) is 5.85. The first-order chi connectivity index (χ1) is 11.1. The Morgan fingerprint density at radius 2 is 2.04 bits per heavy atom. The summed E-state index contributed by atoms with van der Waals surface area (Å²) in [5.74, 6) is 0.674. The first kappa shape index (κ1) is 15.4. The van der Waals surface area contributed by atoms with Gasteiger partial charge in [0.1, 0.15) is 11.2 Å². The molecule has 0 unspecified atom stereocenters. The van der Waals surface area contributed by atoms with E-state index in [-0.39, 0.29) is 5.56 Å². The van der Waals surface area contributed by atoms with Crippen LogP contribution in [0.5, 0.6) is 0 Å². The third-order valence-corrected chi connectivity index (χ3v) is 3.92. The van der Waals surface area contributed by atoms with Crippen LogP contribution < -0.4 is 5.56 Å². The molecule has 23 heavy (non-hydrogen) atoms. The zero-order valence-electron chi connectivity index (χ0n) is 13.5. The van der Waals surface area contributed by atoms with Crippen LogP contribution in [0, 0.1) is 0 Å². The van der Waals surface area contributed by atoms with E-state index in [4.69, 9.17) is 0 Å². The van der Waals surface area contributed by atoms with Gasteiger partial charge in [-0.15, -0.1) is 0 Å². The highest BCUT2D eigenvalue weighted by atomic mass is 16.1. The summed E-state index contributed by atoms with van der Waals surface area (Å²) in [6.07, 6.45) is 3.67. The number of aromatic amines is 1. The van der Waals surface area contributed by atoms with E-state index >= 15 is 0 Å². The molecule has 0 saturated carbocycles. The minimum Gasteiger partial charge on any atom is -0.309 e. The first-order valence-electron chi connectivity index (χ1n) is 7.77. The van der Waals surface area contributed by atoms with Crippen molar-refractivity contribution in [1.82, 2.24) is 24.6 Å². The standard InChI is InChI=1S/C17H21N5O/c1-21(10-6-9-13-7-4-3-5-8-13)12-15-19-16-14(17(23)20-15)11-18-22(16)2/h3-5,7-8,11H,6,9-10,12H2,1-2H3,(H,19,20,23). The van der Waals surface area contributed by atoms with Gasteiger partial charge in [0.15, 0.2) is 5.65 Å². The molecule has 0 atom stereocenters. The molecule has 0 saturated heterocycles. The summed E-state index contributed by atoms with van der Waals surface area (Å²) in [5, 5.41) is 4.61. The second kappa shape index (κ2) is 6.75. The van der Waals surface area contributed by atoms with Crippen molar-refractivity contribution in [2.24, 2.45) is 7.05 Å². The quantitative estimate of drug-likeness (QED) is 0.753. The lowest BCUT2D eigenvalue weighted by atomic mass is 10.1. The fourth-order valence-corrected chi connectivity index (χ4v) is 2.69. The summed E-state index contributed by atoms with van der Waals surface area (Å²) in [6, 6.07) is 10.5. The molecule has 3 rings (SSSR count). The average Bonchev–Trinajstić information content (AvgIpc) is 2.90. The highest BCUT2D eigenvalue weighted by Gasteiger charge is 2.09. The summed E-state index contributed by atoms with van der Waals surface area (Å²) in [7, 11) is 3.83. The third kappa shape index (κ3) is 3.65.